The van der Waals surface area contributed by atoms with Gasteiger partial charge in [0.2, 0.25) is 5.91 Å². The summed E-state index contributed by atoms with van der Waals surface area (Å²) in [6.45, 7) is 5.36. The monoisotopic (exact) mass is 314 g/mol. The number of rotatable bonds is 7. The summed E-state index contributed by atoms with van der Waals surface area (Å²) in [5, 5.41) is 10.5. The second kappa shape index (κ2) is 7.67. The zero-order valence-electron chi connectivity index (χ0n) is 13.8. The lowest BCUT2D eigenvalue weighted by atomic mass is 10.1. The van der Waals surface area contributed by atoms with Crippen LogP contribution in [0, 0.1) is 6.92 Å². The highest BCUT2D eigenvalue weighted by Gasteiger charge is 2.14. The summed E-state index contributed by atoms with van der Waals surface area (Å²) in [6.07, 6.45) is 3.38. The predicted molar refractivity (Wildman–Crippen MR) is 88.4 cm³/mol. The fraction of sp³-hybridized carbons (Fsp3) is 0.412. The van der Waals surface area contributed by atoms with Gasteiger partial charge >= 0.3 is 0 Å². The lowest BCUT2D eigenvalue weighted by Crippen LogP contribution is -2.20. The van der Waals surface area contributed by atoms with E-state index in [1.165, 1.54) is 17.2 Å². The van der Waals surface area contributed by atoms with Crippen molar-refractivity contribution in [2.75, 3.05) is 5.32 Å². The fourth-order valence-corrected chi connectivity index (χ4v) is 2.31. The minimum Gasteiger partial charge on any atom is -0.324 e. The lowest BCUT2D eigenvalue weighted by Gasteiger charge is -2.07. The molecular formula is C17H22N4O2. The number of nitrogens with zero attached hydrogens (tertiary/aromatic N) is 3. The van der Waals surface area contributed by atoms with E-state index in [0.717, 1.165) is 24.9 Å². The largest absolute Gasteiger partial charge is 0.324 e. The van der Waals surface area contributed by atoms with Crippen molar-refractivity contribution in [3.8, 4) is 0 Å². The molecule has 0 bridgehead atoms. The molecular weight excluding hydrogens is 292 g/mol. The van der Waals surface area contributed by atoms with Crippen molar-refractivity contribution in [3.05, 3.63) is 41.2 Å². The summed E-state index contributed by atoms with van der Waals surface area (Å²) in [6, 6.07) is 7.86. The molecule has 0 fully saturated rings. The third kappa shape index (κ3) is 4.48. The molecule has 0 aliphatic heterocycles. The Morgan fingerprint density at radius 2 is 1.91 bits per heavy atom. The first kappa shape index (κ1) is 16.9. The topological polar surface area (TPSA) is 76.9 Å². The van der Waals surface area contributed by atoms with Gasteiger partial charge in [-0.05, 0) is 37.5 Å². The molecule has 1 N–H and O–H groups in total. The molecule has 1 amide bonds. The van der Waals surface area contributed by atoms with Crippen LogP contribution in [-0.4, -0.2) is 26.7 Å². The van der Waals surface area contributed by atoms with E-state index in [4.69, 9.17) is 0 Å². The number of Topliss-reactive ketones (excluding diaryl/α,β-unsaturated/α-hetero) is 1. The van der Waals surface area contributed by atoms with Gasteiger partial charge < -0.3 is 5.32 Å². The van der Waals surface area contributed by atoms with Crippen LogP contribution in [0.1, 0.15) is 48.4 Å². The molecule has 0 unspecified atom stereocenters. The standard InChI is InChI=1S/C17H22N4O2/c1-4-5-6-14-7-9-15(10-8-14)18-16(23)11-21-12(2)17(13(3)22)19-20-21/h7-10H,4-6,11H2,1-3H3,(H,18,23). The maximum Gasteiger partial charge on any atom is 0.246 e. The van der Waals surface area contributed by atoms with Crippen LogP contribution >= 0.6 is 0 Å². The Kier molecular flexibility index (Phi) is 5.62. The Morgan fingerprint density at radius 3 is 2.48 bits per heavy atom. The smallest absolute Gasteiger partial charge is 0.246 e. The molecule has 0 aliphatic rings. The van der Waals surface area contributed by atoms with Crippen molar-refractivity contribution in [2.45, 2.75) is 46.6 Å². The van der Waals surface area contributed by atoms with E-state index >= 15 is 0 Å². The molecule has 0 radical (unpaired) electrons. The maximum atomic E-state index is 12.1. The molecule has 23 heavy (non-hydrogen) atoms. The van der Waals surface area contributed by atoms with Gasteiger partial charge in [0.05, 0.1) is 5.69 Å². The summed E-state index contributed by atoms with van der Waals surface area (Å²) in [5.74, 6) is -0.355. The van der Waals surface area contributed by atoms with E-state index in [0.29, 0.717) is 11.4 Å². The SMILES string of the molecule is CCCCc1ccc(NC(=O)Cn2nnc(C(C)=O)c2C)cc1. The predicted octanol–water partition coefficient (Wildman–Crippen LogP) is 2.77. The number of anilines is 1. The highest BCUT2D eigenvalue weighted by atomic mass is 16.2. The lowest BCUT2D eigenvalue weighted by molar-refractivity contribution is -0.117. The zero-order valence-corrected chi connectivity index (χ0v) is 13.8. The molecule has 0 aliphatic carbocycles. The van der Waals surface area contributed by atoms with Gasteiger partial charge in [0, 0.05) is 12.6 Å². The number of ketones is 1. The molecule has 122 valence electrons. The van der Waals surface area contributed by atoms with Crippen molar-refractivity contribution >= 4 is 17.4 Å². The molecule has 2 rings (SSSR count). The second-order valence-corrected chi connectivity index (χ2v) is 5.59. The summed E-state index contributed by atoms with van der Waals surface area (Å²) in [4.78, 5) is 23.4. The average molecular weight is 314 g/mol. The maximum absolute atomic E-state index is 12.1. The van der Waals surface area contributed by atoms with Gasteiger partial charge in [-0.15, -0.1) is 5.10 Å². The molecule has 0 saturated heterocycles. The quantitative estimate of drug-likeness (QED) is 0.797. The molecule has 0 saturated carbocycles. The number of hydrogen-bond donors (Lipinski definition) is 1. The van der Waals surface area contributed by atoms with Crippen LogP contribution < -0.4 is 5.32 Å². The number of nitrogens with one attached hydrogen (secondary N) is 1. The Hall–Kier alpha value is -2.50. The van der Waals surface area contributed by atoms with E-state index in [1.54, 1.807) is 6.92 Å². The van der Waals surface area contributed by atoms with Crippen LogP contribution in [0.5, 0.6) is 0 Å². The molecule has 0 atom stereocenters. The van der Waals surface area contributed by atoms with Crippen molar-refractivity contribution in [2.24, 2.45) is 0 Å². The molecule has 1 aromatic carbocycles. The Bertz CT molecular complexity index is 689. The molecule has 6 heteroatoms. The molecule has 1 heterocycles. The zero-order chi connectivity index (χ0) is 16.8. The average Bonchev–Trinajstić information content (AvgIpc) is 2.87. The number of amides is 1. The van der Waals surface area contributed by atoms with Crippen LogP contribution in [0.2, 0.25) is 0 Å². The van der Waals surface area contributed by atoms with Gasteiger partial charge in [0.15, 0.2) is 11.5 Å². The van der Waals surface area contributed by atoms with Gasteiger partial charge in [-0.1, -0.05) is 30.7 Å². The van der Waals surface area contributed by atoms with Gasteiger partial charge in [0.25, 0.3) is 0 Å². The van der Waals surface area contributed by atoms with E-state index in [2.05, 4.69) is 22.6 Å². The highest BCUT2D eigenvalue weighted by Crippen LogP contribution is 2.12. The number of aryl methyl sites for hydroxylation is 1. The summed E-state index contributed by atoms with van der Waals surface area (Å²) < 4.78 is 1.43. The van der Waals surface area contributed by atoms with Crippen molar-refractivity contribution in [1.29, 1.82) is 0 Å². The minimum absolute atomic E-state index is 0.0314. The Balaban J connectivity index is 1.95. The van der Waals surface area contributed by atoms with Crippen molar-refractivity contribution < 1.29 is 9.59 Å². The summed E-state index contributed by atoms with van der Waals surface area (Å²) >= 11 is 0. The number of benzene rings is 1. The van der Waals surface area contributed by atoms with Crippen molar-refractivity contribution in [1.82, 2.24) is 15.0 Å². The van der Waals surface area contributed by atoms with Crippen LogP contribution in [0.4, 0.5) is 5.69 Å². The van der Waals surface area contributed by atoms with E-state index in [9.17, 15) is 9.59 Å². The van der Waals surface area contributed by atoms with Crippen LogP contribution in [0.25, 0.3) is 0 Å². The molecule has 1 aromatic heterocycles. The number of carbonyl (C=O) groups excluding carboxylic acids is 2. The van der Waals surface area contributed by atoms with Crippen LogP contribution in [0.15, 0.2) is 24.3 Å². The van der Waals surface area contributed by atoms with Gasteiger partial charge in [-0.2, -0.15) is 0 Å². The first-order chi connectivity index (χ1) is 11.0. The Labute approximate surface area is 135 Å². The van der Waals surface area contributed by atoms with E-state index in [1.807, 2.05) is 24.3 Å². The van der Waals surface area contributed by atoms with Gasteiger partial charge in [-0.3, -0.25) is 9.59 Å². The minimum atomic E-state index is -0.200. The number of unbranched alkanes of at least 4 members (excludes halogenated alkanes) is 1. The second-order valence-electron chi connectivity index (χ2n) is 5.59. The van der Waals surface area contributed by atoms with Crippen LogP contribution in [0.3, 0.4) is 0 Å². The summed E-state index contributed by atoms with van der Waals surface area (Å²) in [7, 11) is 0. The summed E-state index contributed by atoms with van der Waals surface area (Å²) in [5.41, 5.74) is 2.92. The Morgan fingerprint density at radius 1 is 1.22 bits per heavy atom. The van der Waals surface area contributed by atoms with E-state index in [-0.39, 0.29) is 18.2 Å². The molecule has 0 spiro atoms. The fourth-order valence-electron chi connectivity index (χ4n) is 2.31. The van der Waals surface area contributed by atoms with Crippen LogP contribution in [-0.2, 0) is 17.8 Å². The highest BCUT2D eigenvalue weighted by molar-refractivity contribution is 5.93. The third-order valence-electron chi connectivity index (χ3n) is 3.67. The van der Waals surface area contributed by atoms with Gasteiger partial charge in [0.1, 0.15) is 6.54 Å². The number of hydrogen-bond acceptors (Lipinski definition) is 4. The number of carbonyl (C=O) groups is 2. The first-order valence-corrected chi connectivity index (χ1v) is 7.81. The van der Waals surface area contributed by atoms with Gasteiger partial charge in [-0.25, -0.2) is 4.68 Å². The molecule has 6 nitrogen and oxygen atoms in total. The van der Waals surface area contributed by atoms with E-state index < -0.39 is 0 Å². The third-order valence-corrected chi connectivity index (χ3v) is 3.67. The first-order valence-electron chi connectivity index (χ1n) is 7.81. The number of aromatic nitrogens is 3. The normalized spacial score (nSPS) is 10.6. The van der Waals surface area contributed by atoms with Crippen molar-refractivity contribution in [3.63, 3.8) is 0 Å². The molecule has 2 aromatic rings.